The molecule has 1 heterocycles. The molecule has 0 spiro atoms. The number of hydrogen-bond donors (Lipinski definition) is 2. The predicted molar refractivity (Wildman–Crippen MR) is 212 cm³/mol. The van der Waals surface area contributed by atoms with Crippen molar-refractivity contribution < 1.29 is 29.3 Å². The second-order valence-electron chi connectivity index (χ2n) is 16.3. The first-order chi connectivity index (χ1) is 25.1. The van der Waals surface area contributed by atoms with E-state index < -0.39 is 11.4 Å². The third-order valence-corrected chi connectivity index (χ3v) is 13.1. The Morgan fingerprint density at radius 2 is 1.67 bits per heavy atom. The molecule has 0 saturated heterocycles. The fraction of sp³-hybridized carbons (Fsp3) is 0.614. The van der Waals surface area contributed by atoms with Gasteiger partial charge in [0.05, 0.1) is 23.5 Å². The minimum atomic E-state index is -0.937. The molecule has 2 aromatic carbocycles. The van der Waals surface area contributed by atoms with Gasteiger partial charge < -0.3 is 29.3 Å². The molecular formula is C44H61NO6S. The molecule has 52 heavy (non-hydrogen) atoms. The minimum absolute atomic E-state index is 0.00819. The van der Waals surface area contributed by atoms with E-state index in [1.165, 1.54) is 42.4 Å². The summed E-state index contributed by atoms with van der Waals surface area (Å²) in [7, 11) is 0. The zero-order valence-corrected chi connectivity index (χ0v) is 32.9. The number of allylic oxidation sites excluding steroid dienone is 1. The van der Waals surface area contributed by atoms with E-state index in [9.17, 15) is 10.2 Å². The minimum Gasteiger partial charge on any atom is -0.460 e. The highest BCUT2D eigenvalue weighted by Crippen LogP contribution is 2.63. The molecule has 2 aromatic rings. The molecule has 1 aliphatic heterocycles. The molecule has 6 unspecified atom stereocenters. The summed E-state index contributed by atoms with van der Waals surface area (Å²) < 4.78 is 21.0. The summed E-state index contributed by atoms with van der Waals surface area (Å²) in [5.41, 5.74) is 5.29. The van der Waals surface area contributed by atoms with E-state index in [1.807, 2.05) is 50.7 Å². The summed E-state index contributed by atoms with van der Waals surface area (Å²) in [6.07, 6.45) is 15.2. The molecule has 6 rings (SSSR count). The summed E-state index contributed by atoms with van der Waals surface area (Å²) >= 11 is 2.03. The Morgan fingerprint density at radius 1 is 0.962 bits per heavy atom. The van der Waals surface area contributed by atoms with E-state index in [4.69, 9.17) is 24.2 Å². The molecule has 6 atom stereocenters. The van der Waals surface area contributed by atoms with E-state index in [0.29, 0.717) is 18.3 Å². The summed E-state index contributed by atoms with van der Waals surface area (Å²) in [4.78, 5) is 6.24. The summed E-state index contributed by atoms with van der Waals surface area (Å²) in [5, 5.41) is 25.2. The standard InChI is InChI=1S/C44H61NO6S/c1-7-24-48-44-40(52-34-15-8-9-16-34)28-38(45-51-43(4,5)6)36-26-31(14-10-12-22-46)35(17-11-13-23-47)41(42(36)44)37-27-33(20-21-39(37)50-44)49-32-19-18-29(2)30(3)25-32/h7,18-21,25-27,31,34-35,40-42,46-47H,1,8-17,22-24,28H2,2-6H3. The molecule has 2 N–H and O–H groups in total. The van der Waals surface area contributed by atoms with Crippen LogP contribution in [-0.4, -0.2) is 57.6 Å². The first kappa shape index (κ1) is 38.9. The third kappa shape index (κ3) is 8.61. The lowest BCUT2D eigenvalue weighted by molar-refractivity contribution is -0.223. The fourth-order valence-electron chi connectivity index (χ4n) is 8.87. The maximum atomic E-state index is 9.90. The number of benzene rings is 2. The Bertz CT molecular complexity index is 1590. The molecular weight excluding hydrogens is 671 g/mol. The summed E-state index contributed by atoms with van der Waals surface area (Å²) in [6, 6.07) is 12.6. The second-order valence-corrected chi connectivity index (χ2v) is 17.8. The number of thioether (sulfide) groups is 1. The number of aryl methyl sites for hydroxylation is 2. The fourth-order valence-corrected chi connectivity index (χ4v) is 10.6. The smallest absolute Gasteiger partial charge is 0.230 e. The SMILES string of the molecule is C=CCOC12Oc3ccc(Oc4ccc(C)c(C)c4)cc3C3C(CCCCO)C(CCCCO)C=C(C(=NOC(C)(C)C)CC1SC1CCCC1)C32. The quantitative estimate of drug-likeness (QED) is 0.101. The lowest BCUT2D eigenvalue weighted by Gasteiger charge is -2.58. The van der Waals surface area contributed by atoms with Gasteiger partial charge in [0.1, 0.15) is 22.8 Å². The number of hydrogen-bond acceptors (Lipinski definition) is 8. The van der Waals surface area contributed by atoms with Crippen LogP contribution in [0.5, 0.6) is 17.2 Å². The number of aliphatic hydroxyl groups excluding tert-OH is 2. The summed E-state index contributed by atoms with van der Waals surface area (Å²) in [6.45, 7) is 15.2. The molecule has 7 nitrogen and oxygen atoms in total. The maximum Gasteiger partial charge on any atom is 0.230 e. The van der Waals surface area contributed by atoms with E-state index in [0.717, 1.165) is 67.0 Å². The van der Waals surface area contributed by atoms with Gasteiger partial charge in [-0.2, -0.15) is 0 Å². The average Bonchev–Trinajstić information content (AvgIpc) is 3.63. The van der Waals surface area contributed by atoms with Gasteiger partial charge in [-0.1, -0.05) is 49.1 Å². The van der Waals surface area contributed by atoms with Gasteiger partial charge in [-0.3, -0.25) is 0 Å². The summed E-state index contributed by atoms with van der Waals surface area (Å²) in [5.74, 6) is 1.91. The van der Waals surface area contributed by atoms with Crippen LogP contribution in [-0.2, 0) is 9.57 Å². The molecule has 3 aliphatic carbocycles. The highest BCUT2D eigenvalue weighted by Gasteiger charge is 2.64. The van der Waals surface area contributed by atoms with Crippen LogP contribution in [0.1, 0.15) is 114 Å². The largest absolute Gasteiger partial charge is 0.460 e. The van der Waals surface area contributed by atoms with Crippen LogP contribution in [0.15, 0.2) is 65.9 Å². The van der Waals surface area contributed by atoms with Crippen molar-refractivity contribution in [3.8, 4) is 17.2 Å². The molecule has 0 radical (unpaired) electrons. The van der Waals surface area contributed by atoms with Gasteiger partial charge in [0.25, 0.3) is 0 Å². The van der Waals surface area contributed by atoms with E-state index in [2.05, 4.69) is 50.8 Å². The monoisotopic (exact) mass is 731 g/mol. The van der Waals surface area contributed by atoms with Crippen molar-refractivity contribution in [3.05, 3.63) is 77.4 Å². The Balaban J connectivity index is 1.54. The lowest BCUT2D eigenvalue weighted by Crippen LogP contribution is -2.64. The lowest BCUT2D eigenvalue weighted by atomic mass is 9.56. The van der Waals surface area contributed by atoms with Crippen molar-refractivity contribution in [3.63, 3.8) is 0 Å². The van der Waals surface area contributed by atoms with E-state index >= 15 is 0 Å². The molecule has 2 fully saturated rings. The van der Waals surface area contributed by atoms with Crippen LogP contribution in [0.3, 0.4) is 0 Å². The van der Waals surface area contributed by atoms with Crippen molar-refractivity contribution in [2.24, 2.45) is 22.9 Å². The average molecular weight is 732 g/mol. The molecule has 0 amide bonds. The Morgan fingerprint density at radius 3 is 2.37 bits per heavy atom. The van der Waals surface area contributed by atoms with Crippen molar-refractivity contribution >= 4 is 17.5 Å². The molecule has 0 bridgehead atoms. The number of unbranched alkanes of at least 4 members (excludes halogenated alkanes) is 2. The van der Waals surface area contributed by atoms with Gasteiger partial charge in [0.15, 0.2) is 0 Å². The Labute approximate surface area is 316 Å². The van der Waals surface area contributed by atoms with Crippen LogP contribution < -0.4 is 9.47 Å². The van der Waals surface area contributed by atoms with E-state index in [-0.39, 0.29) is 42.1 Å². The number of fused-ring (bicyclic) bond motifs is 2. The topological polar surface area (TPSA) is 89.7 Å². The number of oxime groups is 1. The van der Waals surface area contributed by atoms with Gasteiger partial charge >= 0.3 is 0 Å². The van der Waals surface area contributed by atoms with Crippen LogP contribution in [0.2, 0.25) is 0 Å². The normalized spacial score (nSPS) is 27.8. The number of aliphatic hydroxyl groups is 2. The zero-order valence-electron chi connectivity index (χ0n) is 32.1. The number of ether oxygens (including phenoxy) is 3. The van der Waals surface area contributed by atoms with Crippen LogP contribution >= 0.6 is 11.8 Å². The number of nitrogens with zero attached hydrogens (tertiary/aromatic N) is 1. The van der Waals surface area contributed by atoms with Crippen molar-refractivity contribution in [1.82, 2.24) is 0 Å². The van der Waals surface area contributed by atoms with Crippen LogP contribution in [0, 0.1) is 31.6 Å². The van der Waals surface area contributed by atoms with Gasteiger partial charge in [-0.25, -0.2) is 0 Å². The number of rotatable bonds is 16. The van der Waals surface area contributed by atoms with Crippen LogP contribution in [0.25, 0.3) is 0 Å². The van der Waals surface area contributed by atoms with Crippen LogP contribution in [0.4, 0.5) is 0 Å². The van der Waals surface area contributed by atoms with Gasteiger partial charge in [-0.05, 0) is 132 Å². The molecule has 0 aromatic heterocycles. The second kappa shape index (κ2) is 17.1. The van der Waals surface area contributed by atoms with Crippen molar-refractivity contribution in [1.29, 1.82) is 0 Å². The highest BCUT2D eigenvalue weighted by atomic mass is 32.2. The molecule has 284 valence electrons. The van der Waals surface area contributed by atoms with Gasteiger partial charge in [0, 0.05) is 36.4 Å². The van der Waals surface area contributed by atoms with Crippen molar-refractivity contribution in [2.75, 3.05) is 19.8 Å². The molecule has 2 saturated carbocycles. The molecule has 4 aliphatic rings. The predicted octanol–water partition coefficient (Wildman–Crippen LogP) is 10.2. The maximum absolute atomic E-state index is 9.90. The third-order valence-electron chi connectivity index (χ3n) is 11.4. The zero-order chi connectivity index (χ0) is 36.9. The molecule has 8 heteroatoms. The first-order valence-electron chi connectivity index (χ1n) is 19.7. The first-order valence-corrected chi connectivity index (χ1v) is 20.7. The van der Waals surface area contributed by atoms with Crippen molar-refractivity contribution in [2.45, 2.75) is 133 Å². The Hall–Kier alpha value is -2.78. The van der Waals surface area contributed by atoms with Gasteiger partial charge in [0.2, 0.25) is 5.79 Å². The Kier molecular flexibility index (Phi) is 12.8. The van der Waals surface area contributed by atoms with Gasteiger partial charge in [-0.15, -0.1) is 18.3 Å². The van der Waals surface area contributed by atoms with E-state index in [1.54, 1.807) is 0 Å². The highest BCUT2D eigenvalue weighted by molar-refractivity contribution is 8.00.